The van der Waals surface area contributed by atoms with Crippen molar-refractivity contribution in [3.63, 3.8) is 0 Å². The first kappa shape index (κ1) is 16.8. The SMILES string of the molecule is CCNC1(C(=O)O)CCCC1CCSCC(C)CO. The Morgan fingerprint density at radius 2 is 2.32 bits per heavy atom. The van der Waals surface area contributed by atoms with E-state index in [1.807, 2.05) is 25.6 Å². The number of thioether (sulfide) groups is 1. The number of hydrogen-bond donors (Lipinski definition) is 3. The molecule has 0 bridgehead atoms. The summed E-state index contributed by atoms with van der Waals surface area (Å²) in [5, 5.41) is 21.7. The molecule has 0 radical (unpaired) electrons. The van der Waals surface area contributed by atoms with Crippen molar-refractivity contribution in [1.29, 1.82) is 0 Å². The molecule has 0 amide bonds. The topological polar surface area (TPSA) is 69.6 Å². The van der Waals surface area contributed by atoms with Crippen LogP contribution in [0, 0.1) is 11.8 Å². The molecule has 3 N–H and O–H groups in total. The van der Waals surface area contributed by atoms with Crippen molar-refractivity contribution in [2.24, 2.45) is 11.8 Å². The molecule has 0 saturated heterocycles. The number of likely N-dealkylation sites (N-methyl/N-ethyl adjacent to an activating group) is 1. The van der Waals surface area contributed by atoms with Crippen LogP contribution in [0.1, 0.15) is 39.5 Å². The summed E-state index contributed by atoms with van der Waals surface area (Å²) in [6, 6.07) is 0. The standard InChI is InChI=1S/C14H27NO3S/c1-3-15-14(13(17)18)7-4-5-12(14)6-8-19-10-11(2)9-16/h11-12,15-16H,3-10H2,1-2H3,(H,17,18). The van der Waals surface area contributed by atoms with E-state index in [2.05, 4.69) is 5.32 Å². The number of hydrogen-bond acceptors (Lipinski definition) is 4. The Labute approximate surface area is 120 Å². The van der Waals surface area contributed by atoms with Crippen LogP contribution in [0.2, 0.25) is 0 Å². The normalized spacial score (nSPS) is 28.5. The van der Waals surface area contributed by atoms with E-state index in [0.717, 1.165) is 37.2 Å². The van der Waals surface area contributed by atoms with Crippen molar-refractivity contribution in [1.82, 2.24) is 5.32 Å². The lowest BCUT2D eigenvalue weighted by Crippen LogP contribution is -2.54. The minimum absolute atomic E-state index is 0.229. The molecule has 112 valence electrons. The quantitative estimate of drug-likeness (QED) is 0.566. The molecule has 1 saturated carbocycles. The van der Waals surface area contributed by atoms with Gasteiger partial charge in [-0.1, -0.05) is 20.3 Å². The summed E-state index contributed by atoms with van der Waals surface area (Å²) in [6.45, 7) is 4.94. The Morgan fingerprint density at radius 1 is 1.58 bits per heavy atom. The van der Waals surface area contributed by atoms with Gasteiger partial charge in [0.05, 0.1) is 0 Å². The van der Waals surface area contributed by atoms with Gasteiger partial charge in [0.2, 0.25) is 0 Å². The van der Waals surface area contributed by atoms with Gasteiger partial charge in [-0.25, -0.2) is 0 Å². The van der Waals surface area contributed by atoms with Crippen LogP contribution in [-0.4, -0.2) is 46.4 Å². The van der Waals surface area contributed by atoms with Crippen molar-refractivity contribution < 1.29 is 15.0 Å². The molecule has 5 heteroatoms. The lowest BCUT2D eigenvalue weighted by Gasteiger charge is -2.32. The first-order valence-corrected chi connectivity index (χ1v) is 8.39. The summed E-state index contributed by atoms with van der Waals surface area (Å²) < 4.78 is 0. The van der Waals surface area contributed by atoms with Crippen molar-refractivity contribution in [3.8, 4) is 0 Å². The number of carboxylic acids is 1. The summed E-state index contributed by atoms with van der Waals surface area (Å²) in [5.74, 6) is 1.80. The molecule has 1 fully saturated rings. The summed E-state index contributed by atoms with van der Waals surface area (Å²) in [5.41, 5.74) is -0.697. The molecule has 1 rings (SSSR count). The van der Waals surface area contributed by atoms with Crippen LogP contribution in [0.4, 0.5) is 0 Å². The summed E-state index contributed by atoms with van der Waals surface area (Å²) in [4.78, 5) is 11.6. The van der Waals surface area contributed by atoms with Gasteiger partial charge < -0.3 is 15.5 Å². The molecular formula is C14H27NO3S. The van der Waals surface area contributed by atoms with Crippen molar-refractivity contribution >= 4 is 17.7 Å². The van der Waals surface area contributed by atoms with Crippen LogP contribution >= 0.6 is 11.8 Å². The number of aliphatic hydroxyl groups excluding tert-OH is 1. The van der Waals surface area contributed by atoms with Gasteiger partial charge >= 0.3 is 5.97 Å². The molecule has 0 spiro atoms. The number of carboxylic acid groups (broad SMARTS) is 1. The predicted molar refractivity (Wildman–Crippen MR) is 79.6 cm³/mol. The molecule has 0 heterocycles. The van der Waals surface area contributed by atoms with Crippen LogP contribution in [0.15, 0.2) is 0 Å². The minimum Gasteiger partial charge on any atom is -0.480 e. The molecule has 3 atom stereocenters. The highest BCUT2D eigenvalue weighted by molar-refractivity contribution is 7.99. The highest BCUT2D eigenvalue weighted by Crippen LogP contribution is 2.39. The van der Waals surface area contributed by atoms with Gasteiger partial charge in [-0.2, -0.15) is 11.8 Å². The largest absolute Gasteiger partial charge is 0.480 e. The number of carbonyl (C=O) groups is 1. The van der Waals surface area contributed by atoms with E-state index in [9.17, 15) is 9.90 Å². The van der Waals surface area contributed by atoms with Crippen molar-refractivity contribution in [3.05, 3.63) is 0 Å². The molecule has 3 unspecified atom stereocenters. The lowest BCUT2D eigenvalue weighted by atomic mass is 9.85. The zero-order valence-corrected chi connectivity index (χ0v) is 12.8. The zero-order chi connectivity index (χ0) is 14.3. The maximum Gasteiger partial charge on any atom is 0.324 e. The lowest BCUT2D eigenvalue weighted by molar-refractivity contribution is -0.146. The Balaban J connectivity index is 2.44. The number of nitrogens with one attached hydrogen (secondary N) is 1. The molecule has 19 heavy (non-hydrogen) atoms. The predicted octanol–water partition coefficient (Wildman–Crippen LogP) is 1.97. The van der Waals surface area contributed by atoms with Crippen LogP contribution in [0.5, 0.6) is 0 Å². The smallest absolute Gasteiger partial charge is 0.324 e. The highest BCUT2D eigenvalue weighted by atomic mass is 32.2. The van der Waals surface area contributed by atoms with Crippen LogP contribution in [-0.2, 0) is 4.79 Å². The summed E-state index contributed by atoms with van der Waals surface area (Å²) in [6.07, 6.45) is 3.71. The van der Waals surface area contributed by atoms with Gasteiger partial charge in [-0.05, 0) is 49.1 Å². The molecular weight excluding hydrogens is 262 g/mol. The van der Waals surface area contributed by atoms with Gasteiger partial charge in [-0.3, -0.25) is 4.79 Å². The van der Waals surface area contributed by atoms with Crippen molar-refractivity contribution in [2.75, 3.05) is 24.7 Å². The average molecular weight is 289 g/mol. The van der Waals surface area contributed by atoms with Gasteiger partial charge in [-0.15, -0.1) is 0 Å². The third-order valence-electron chi connectivity index (χ3n) is 4.02. The second-order valence-corrected chi connectivity index (χ2v) is 6.70. The Bertz CT molecular complexity index is 288. The molecule has 0 aromatic carbocycles. The van der Waals surface area contributed by atoms with Gasteiger partial charge in [0, 0.05) is 6.61 Å². The zero-order valence-electron chi connectivity index (χ0n) is 12.0. The second-order valence-electron chi connectivity index (χ2n) is 5.55. The fraction of sp³-hybridized carbons (Fsp3) is 0.929. The number of aliphatic hydroxyl groups is 1. The van der Waals surface area contributed by atoms with E-state index in [1.165, 1.54) is 0 Å². The third kappa shape index (κ3) is 4.36. The molecule has 0 aromatic rings. The molecule has 1 aliphatic carbocycles. The Morgan fingerprint density at radius 3 is 2.89 bits per heavy atom. The molecule has 0 aromatic heterocycles. The van der Waals surface area contributed by atoms with E-state index >= 15 is 0 Å². The maximum absolute atomic E-state index is 11.6. The maximum atomic E-state index is 11.6. The monoisotopic (exact) mass is 289 g/mol. The van der Waals surface area contributed by atoms with Crippen LogP contribution in [0.3, 0.4) is 0 Å². The van der Waals surface area contributed by atoms with Crippen LogP contribution < -0.4 is 5.32 Å². The molecule has 4 nitrogen and oxygen atoms in total. The third-order valence-corrected chi connectivity index (χ3v) is 5.35. The fourth-order valence-corrected chi connectivity index (χ4v) is 4.06. The van der Waals surface area contributed by atoms with E-state index in [4.69, 9.17) is 5.11 Å². The number of rotatable bonds is 9. The van der Waals surface area contributed by atoms with Crippen LogP contribution in [0.25, 0.3) is 0 Å². The van der Waals surface area contributed by atoms with E-state index in [0.29, 0.717) is 12.5 Å². The molecule has 0 aliphatic heterocycles. The summed E-state index contributed by atoms with van der Waals surface area (Å²) >= 11 is 1.82. The number of aliphatic carboxylic acids is 1. The Hall–Kier alpha value is -0.260. The molecule has 1 aliphatic rings. The van der Waals surface area contributed by atoms with Gasteiger partial charge in [0.1, 0.15) is 5.54 Å². The first-order chi connectivity index (χ1) is 9.06. The van der Waals surface area contributed by atoms with E-state index in [1.54, 1.807) is 0 Å². The minimum atomic E-state index is -0.697. The highest BCUT2D eigenvalue weighted by Gasteiger charge is 2.48. The Kier molecular flexibility index (Phi) is 7.18. The van der Waals surface area contributed by atoms with Gasteiger partial charge in [0.15, 0.2) is 0 Å². The second kappa shape index (κ2) is 8.12. The van der Waals surface area contributed by atoms with E-state index < -0.39 is 11.5 Å². The van der Waals surface area contributed by atoms with Gasteiger partial charge in [0.25, 0.3) is 0 Å². The average Bonchev–Trinajstić information content (AvgIpc) is 2.79. The fourth-order valence-electron chi connectivity index (χ4n) is 2.94. The first-order valence-electron chi connectivity index (χ1n) is 7.23. The summed E-state index contributed by atoms with van der Waals surface area (Å²) in [7, 11) is 0. The van der Waals surface area contributed by atoms with E-state index in [-0.39, 0.29) is 12.5 Å². The van der Waals surface area contributed by atoms with Crippen molar-refractivity contribution in [2.45, 2.75) is 45.1 Å².